The van der Waals surface area contributed by atoms with E-state index < -0.39 is 0 Å². The average molecular weight is 191 g/mol. The van der Waals surface area contributed by atoms with E-state index in [2.05, 4.69) is 24.4 Å². The standard InChI is InChI=1S/C8H5N3O3/c12-5-13-8-10-7(11-14-8)6-1-3-9-4-2-6/h1-5H. The van der Waals surface area contributed by atoms with Crippen LogP contribution in [0.2, 0.25) is 0 Å². The Hall–Kier alpha value is -2.24. The topological polar surface area (TPSA) is 78.1 Å². The fraction of sp³-hybridized carbons (Fsp3) is 0. The highest BCUT2D eigenvalue weighted by atomic mass is 16.7. The number of nitrogens with zero attached hydrogens (tertiary/aromatic N) is 3. The van der Waals surface area contributed by atoms with Crippen LogP contribution < -0.4 is 4.74 Å². The predicted octanol–water partition coefficient (Wildman–Crippen LogP) is 0.667. The summed E-state index contributed by atoms with van der Waals surface area (Å²) in [6, 6.07) is 3.44. The average Bonchev–Trinajstić information content (AvgIpc) is 2.68. The number of hydrogen-bond donors (Lipinski definition) is 0. The molecule has 0 unspecified atom stereocenters. The van der Waals surface area contributed by atoms with Crippen LogP contribution in [0, 0.1) is 0 Å². The Bertz CT molecular complexity index is 426. The Morgan fingerprint density at radius 3 is 2.86 bits per heavy atom. The molecule has 0 aliphatic rings. The lowest BCUT2D eigenvalue weighted by molar-refractivity contribution is -0.122. The van der Waals surface area contributed by atoms with E-state index in [0.717, 1.165) is 5.56 Å². The van der Waals surface area contributed by atoms with Crippen LogP contribution in [0.5, 0.6) is 6.08 Å². The highest BCUT2D eigenvalue weighted by molar-refractivity contribution is 5.53. The van der Waals surface area contributed by atoms with Crippen molar-refractivity contribution in [1.29, 1.82) is 0 Å². The molecule has 2 aromatic rings. The van der Waals surface area contributed by atoms with E-state index >= 15 is 0 Å². The minimum absolute atomic E-state index is 0.174. The van der Waals surface area contributed by atoms with E-state index in [0.29, 0.717) is 5.82 Å². The first-order chi connectivity index (χ1) is 6.90. The van der Waals surface area contributed by atoms with Crippen molar-refractivity contribution in [2.24, 2.45) is 0 Å². The van der Waals surface area contributed by atoms with Gasteiger partial charge in [0.25, 0.3) is 0 Å². The lowest BCUT2D eigenvalue weighted by Gasteiger charge is -1.89. The van der Waals surface area contributed by atoms with E-state index in [4.69, 9.17) is 0 Å². The molecule has 6 heteroatoms. The maximum Gasteiger partial charge on any atom is 0.425 e. The first kappa shape index (κ1) is 8.36. The SMILES string of the molecule is O=COc1nc(-c2ccncc2)no1. The molecule has 0 aliphatic heterocycles. The molecule has 0 spiro atoms. The quantitative estimate of drug-likeness (QED) is 0.663. The minimum Gasteiger partial charge on any atom is -0.378 e. The molecular weight excluding hydrogens is 186 g/mol. The molecular formula is C8H5N3O3. The number of carbonyl (C=O) groups excluding carboxylic acids is 1. The Kier molecular flexibility index (Phi) is 2.18. The van der Waals surface area contributed by atoms with Gasteiger partial charge in [-0.1, -0.05) is 5.16 Å². The minimum atomic E-state index is -0.174. The van der Waals surface area contributed by atoms with Gasteiger partial charge >= 0.3 is 12.5 Å². The van der Waals surface area contributed by atoms with Crippen molar-refractivity contribution in [3.05, 3.63) is 24.5 Å². The smallest absolute Gasteiger partial charge is 0.378 e. The molecule has 0 fully saturated rings. The second-order valence-corrected chi connectivity index (χ2v) is 2.33. The molecule has 0 radical (unpaired) electrons. The molecule has 0 saturated heterocycles. The van der Waals surface area contributed by atoms with Crippen molar-refractivity contribution in [2.45, 2.75) is 0 Å². The first-order valence-corrected chi connectivity index (χ1v) is 3.74. The second kappa shape index (κ2) is 3.65. The van der Waals surface area contributed by atoms with Gasteiger partial charge in [0.2, 0.25) is 5.82 Å². The zero-order chi connectivity index (χ0) is 9.80. The lowest BCUT2D eigenvalue weighted by atomic mass is 10.3. The maximum absolute atomic E-state index is 9.96. The highest BCUT2D eigenvalue weighted by Crippen LogP contribution is 2.16. The summed E-state index contributed by atoms with van der Waals surface area (Å²) in [5.74, 6) is 0.351. The van der Waals surface area contributed by atoms with Crippen LogP contribution >= 0.6 is 0 Å². The van der Waals surface area contributed by atoms with Gasteiger partial charge < -0.3 is 4.74 Å². The van der Waals surface area contributed by atoms with Crippen LogP contribution in [-0.2, 0) is 4.79 Å². The number of hydrogen-bond acceptors (Lipinski definition) is 6. The molecule has 0 saturated carbocycles. The van der Waals surface area contributed by atoms with E-state index in [1.165, 1.54) is 0 Å². The molecule has 14 heavy (non-hydrogen) atoms. The summed E-state index contributed by atoms with van der Waals surface area (Å²) in [5.41, 5.74) is 0.740. The highest BCUT2D eigenvalue weighted by Gasteiger charge is 2.08. The van der Waals surface area contributed by atoms with E-state index in [1.807, 2.05) is 0 Å². The Labute approximate surface area is 78.5 Å². The van der Waals surface area contributed by atoms with Crippen LogP contribution in [-0.4, -0.2) is 21.6 Å². The zero-order valence-electron chi connectivity index (χ0n) is 6.95. The fourth-order valence-corrected chi connectivity index (χ4v) is 0.917. The molecule has 2 heterocycles. The van der Waals surface area contributed by atoms with Gasteiger partial charge in [0, 0.05) is 18.0 Å². The molecule has 2 aromatic heterocycles. The number of aromatic nitrogens is 3. The molecule has 2 rings (SSSR count). The molecule has 0 atom stereocenters. The summed E-state index contributed by atoms with van der Waals surface area (Å²) in [4.78, 5) is 17.6. The van der Waals surface area contributed by atoms with E-state index in [-0.39, 0.29) is 12.5 Å². The molecule has 0 aliphatic carbocycles. The van der Waals surface area contributed by atoms with Gasteiger partial charge in [-0.15, -0.1) is 0 Å². The van der Waals surface area contributed by atoms with Crippen LogP contribution in [0.3, 0.4) is 0 Å². The molecule has 0 aromatic carbocycles. The largest absolute Gasteiger partial charge is 0.425 e. The number of carbonyl (C=O) groups is 1. The third-order valence-electron chi connectivity index (χ3n) is 1.49. The molecule has 70 valence electrons. The second-order valence-electron chi connectivity index (χ2n) is 2.33. The van der Waals surface area contributed by atoms with Crippen molar-refractivity contribution in [2.75, 3.05) is 0 Å². The molecule has 0 bridgehead atoms. The molecule has 6 nitrogen and oxygen atoms in total. The van der Waals surface area contributed by atoms with Gasteiger partial charge in [-0.2, -0.15) is 4.98 Å². The monoisotopic (exact) mass is 191 g/mol. The maximum atomic E-state index is 9.96. The van der Waals surface area contributed by atoms with Crippen molar-refractivity contribution >= 4 is 6.47 Å². The molecule has 0 amide bonds. The fourth-order valence-electron chi connectivity index (χ4n) is 0.917. The Morgan fingerprint density at radius 1 is 1.36 bits per heavy atom. The summed E-state index contributed by atoms with van der Waals surface area (Å²) in [5, 5.41) is 3.61. The van der Waals surface area contributed by atoms with Gasteiger partial charge in [0.1, 0.15) is 0 Å². The van der Waals surface area contributed by atoms with E-state index in [9.17, 15) is 4.79 Å². The Balaban J connectivity index is 2.29. The molecule has 0 N–H and O–H groups in total. The van der Waals surface area contributed by atoms with Gasteiger partial charge in [0.15, 0.2) is 0 Å². The Morgan fingerprint density at radius 2 is 2.14 bits per heavy atom. The first-order valence-electron chi connectivity index (χ1n) is 3.74. The number of pyridine rings is 1. The normalized spacial score (nSPS) is 9.71. The van der Waals surface area contributed by atoms with Gasteiger partial charge in [-0.3, -0.25) is 14.3 Å². The number of ether oxygens (including phenoxy) is 1. The van der Waals surface area contributed by atoms with Gasteiger partial charge in [-0.25, -0.2) is 0 Å². The number of rotatable bonds is 3. The van der Waals surface area contributed by atoms with Crippen LogP contribution in [0.25, 0.3) is 11.4 Å². The lowest BCUT2D eigenvalue weighted by Crippen LogP contribution is -1.87. The predicted molar refractivity (Wildman–Crippen MR) is 44.2 cm³/mol. The summed E-state index contributed by atoms with van der Waals surface area (Å²) in [6.45, 7) is 0.226. The zero-order valence-corrected chi connectivity index (χ0v) is 6.95. The third-order valence-corrected chi connectivity index (χ3v) is 1.49. The van der Waals surface area contributed by atoms with Gasteiger partial charge in [-0.05, 0) is 12.1 Å². The van der Waals surface area contributed by atoms with Crippen LogP contribution in [0.4, 0.5) is 0 Å². The van der Waals surface area contributed by atoms with Crippen LogP contribution in [0.1, 0.15) is 0 Å². The van der Waals surface area contributed by atoms with E-state index in [1.54, 1.807) is 24.5 Å². The third kappa shape index (κ3) is 1.58. The van der Waals surface area contributed by atoms with Crippen molar-refractivity contribution < 1.29 is 14.1 Å². The van der Waals surface area contributed by atoms with Crippen molar-refractivity contribution in [3.63, 3.8) is 0 Å². The van der Waals surface area contributed by atoms with Gasteiger partial charge in [0.05, 0.1) is 0 Å². The summed E-state index contributed by atoms with van der Waals surface area (Å²) in [6.07, 6.45) is 3.03. The van der Waals surface area contributed by atoms with Crippen molar-refractivity contribution in [1.82, 2.24) is 15.1 Å². The summed E-state index contributed by atoms with van der Waals surface area (Å²) >= 11 is 0. The van der Waals surface area contributed by atoms with Crippen LogP contribution in [0.15, 0.2) is 29.0 Å². The summed E-state index contributed by atoms with van der Waals surface area (Å²) in [7, 11) is 0. The van der Waals surface area contributed by atoms with Crippen molar-refractivity contribution in [3.8, 4) is 17.5 Å². The summed E-state index contributed by atoms with van der Waals surface area (Å²) < 4.78 is 9.00.